The summed E-state index contributed by atoms with van der Waals surface area (Å²) in [7, 11) is 0. The van der Waals surface area contributed by atoms with Gasteiger partial charge >= 0.3 is 0 Å². The Hall–Kier alpha value is -0.630. The smallest absolute Gasteiger partial charge is 0.108 e. The molecule has 1 saturated carbocycles. The second kappa shape index (κ2) is 8.52. The zero-order valence-corrected chi connectivity index (χ0v) is 12.7. The van der Waals surface area contributed by atoms with E-state index in [-0.39, 0.29) is 5.54 Å². The van der Waals surface area contributed by atoms with E-state index in [2.05, 4.69) is 30.1 Å². The van der Waals surface area contributed by atoms with Gasteiger partial charge in [0.2, 0.25) is 0 Å². The summed E-state index contributed by atoms with van der Waals surface area (Å²) in [5, 5.41) is 12.9. The first-order valence-electron chi connectivity index (χ1n) is 7.69. The molecule has 0 spiro atoms. The van der Waals surface area contributed by atoms with E-state index in [4.69, 9.17) is 4.74 Å². The van der Waals surface area contributed by atoms with Gasteiger partial charge in [0, 0.05) is 19.2 Å². The van der Waals surface area contributed by atoms with Crippen LogP contribution in [-0.2, 0) is 4.74 Å². The molecule has 1 rings (SSSR count). The largest absolute Gasteiger partial charge is 0.380 e. The van der Waals surface area contributed by atoms with Crippen LogP contribution in [0.5, 0.6) is 0 Å². The minimum atomic E-state index is -0.292. The number of rotatable bonds is 9. The Bertz CT molecular complexity index is 290. The van der Waals surface area contributed by atoms with Crippen LogP contribution in [0.15, 0.2) is 0 Å². The summed E-state index contributed by atoms with van der Waals surface area (Å²) >= 11 is 0. The maximum atomic E-state index is 9.47. The lowest BCUT2D eigenvalue weighted by molar-refractivity contribution is 0.0963. The summed E-state index contributed by atoms with van der Waals surface area (Å²) in [5.74, 6) is 0. The molecule has 110 valence electrons. The van der Waals surface area contributed by atoms with Crippen molar-refractivity contribution >= 4 is 0 Å². The van der Waals surface area contributed by atoms with Crippen molar-refractivity contribution in [2.75, 3.05) is 32.8 Å². The molecular formula is C15H29N3O. The molecule has 0 bridgehead atoms. The minimum absolute atomic E-state index is 0.292. The Morgan fingerprint density at radius 2 is 2.21 bits per heavy atom. The Morgan fingerprint density at radius 1 is 1.42 bits per heavy atom. The summed E-state index contributed by atoms with van der Waals surface area (Å²) in [5.41, 5.74) is -0.292. The maximum absolute atomic E-state index is 9.47. The molecule has 1 aliphatic rings. The molecule has 0 aromatic rings. The van der Waals surface area contributed by atoms with Crippen LogP contribution < -0.4 is 5.32 Å². The van der Waals surface area contributed by atoms with E-state index in [9.17, 15) is 5.26 Å². The maximum Gasteiger partial charge on any atom is 0.108 e. The summed E-state index contributed by atoms with van der Waals surface area (Å²) in [4.78, 5) is 2.46. The molecule has 19 heavy (non-hydrogen) atoms. The zero-order valence-electron chi connectivity index (χ0n) is 12.7. The predicted octanol–water partition coefficient (Wildman–Crippen LogP) is 2.16. The standard InChI is InChI=1S/C15H29N3O/c1-4-9-17-15(13-16)8-7-14(12-15)18(5-2)10-11-19-6-3/h14,17H,4-12H2,1-3H3. The van der Waals surface area contributed by atoms with Crippen LogP contribution in [0.2, 0.25) is 0 Å². The van der Waals surface area contributed by atoms with E-state index in [0.29, 0.717) is 6.04 Å². The fourth-order valence-electron chi connectivity index (χ4n) is 2.92. The van der Waals surface area contributed by atoms with Gasteiger partial charge in [0.15, 0.2) is 0 Å². The first-order chi connectivity index (χ1) is 9.21. The highest BCUT2D eigenvalue weighted by Gasteiger charge is 2.40. The van der Waals surface area contributed by atoms with Gasteiger partial charge in [-0.2, -0.15) is 5.26 Å². The molecule has 1 fully saturated rings. The molecule has 0 aliphatic heterocycles. The molecule has 0 saturated heterocycles. The Balaban J connectivity index is 2.49. The van der Waals surface area contributed by atoms with Crippen molar-refractivity contribution in [1.82, 2.24) is 10.2 Å². The minimum Gasteiger partial charge on any atom is -0.380 e. The highest BCUT2D eigenvalue weighted by Crippen LogP contribution is 2.32. The molecule has 1 N–H and O–H groups in total. The number of nitriles is 1. The highest BCUT2D eigenvalue weighted by molar-refractivity contribution is 5.13. The summed E-state index contributed by atoms with van der Waals surface area (Å²) in [6.07, 6.45) is 4.11. The van der Waals surface area contributed by atoms with Crippen molar-refractivity contribution in [2.24, 2.45) is 0 Å². The number of nitrogens with zero attached hydrogens (tertiary/aromatic N) is 2. The molecular weight excluding hydrogens is 238 g/mol. The van der Waals surface area contributed by atoms with Crippen LogP contribution in [0.25, 0.3) is 0 Å². The first-order valence-corrected chi connectivity index (χ1v) is 7.69. The summed E-state index contributed by atoms with van der Waals surface area (Å²) in [6, 6.07) is 3.04. The second-order valence-electron chi connectivity index (χ2n) is 5.34. The number of likely N-dealkylation sites (N-methyl/N-ethyl adjacent to an activating group) is 1. The average Bonchev–Trinajstić information content (AvgIpc) is 2.86. The summed E-state index contributed by atoms with van der Waals surface area (Å²) in [6.45, 7) is 10.9. The van der Waals surface area contributed by atoms with Gasteiger partial charge in [-0.05, 0) is 45.7 Å². The predicted molar refractivity (Wildman–Crippen MR) is 78.0 cm³/mol. The molecule has 4 nitrogen and oxygen atoms in total. The second-order valence-corrected chi connectivity index (χ2v) is 5.34. The SMILES string of the molecule is CCCNC1(C#N)CCC(N(CC)CCOCC)C1. The van der Waals surface area contributed by atoms with Crippen molar-refractivity contribution in [2.45, 2.75) is 58.0 Å². The van der Waals surface area contributed by atoms with Gasteiger partial charge in [0.05, 0.1) is 12.7 Å². The van der Waals surface area contributed by atoms with Crippen LogP contribution in [0.1, 0.15) is 46.5 Å². The van der Waals surface area contributed by atoms with Crippen molar-refractivity contribution in [3.63, 3.8) is 0 Å². The lowest BCUT2D eigenvalue weighted by Crippen LogP contribution is -2.44. The zero-order chi connectivity index (χ0) is 14.1. The van der Waals surface area contributed by atoms with Gasteiger partial charge in [-0.25, -0.2) is 0 Å². The highest BCUT2D eigenvalue weighted by atomic mass is 16.5. The molecule has 0 aromatic carbocycles. The first kappa shape index (κ1) is 16.4. The van der Waals surface area contributed by atoms with Crippen molar-refractivity contribution in [3.05, 3.63) is 0 Å². The third-order valence-corrected chi connectivity index (χ3v) is 4.07. The quantitative estimate of drug-likeness (QED) is 0.650. The van der Waals surface area contributed by atoms with E-state index in [0.717, 1.165) is 58.5 Å². The monoisotopic (exact) mass is 267 g/mol. The Morgan fingerprint density at radius 3 is 2.79 bits per heavy atom. The van der Waals surface area contributed by atoms with E-state index < -0.39 is 0 Å². The van der Waals surface area contributed by atoms with Gasteiger partial charge in [0.25, 0.3) is 0 Å². The van der Waals surface area contributed by atoms with Gasteiger partial charge in [-0.1, -0.05) is 13.8 Å². The van der Waals surface area contributed by atoms with Crippen LogP contribution in [-0.4, -0.2) is 49.3 Å². The third kappa shape index (κ3) is 4.76. The average molecular weight is 267 g/mol. The lowest BCUT2D eigenvalue weighted by Gasteiger charge is -2.29. The topological polar surface area (TPSA) is 48.3 Å². The van der Waals surface area contributed by atoms with Crippen molar-refractivity contribution < 1.29 is 4.74 Å². The fraction of sp³-hybridized carbons (Fsp3) is 0.933. The van der Waals surface area contributed by atoms with E-state index >= 15 is 0 Å². The molecule has 1 aliphatic carbocycles. The van der Waals surface area contributed by atoms with Crippen LogP contribution in [0.3, 0.4) is 0 Å². The molecule has 2 atom stereocenters. The molecule has 0 aromatic heterocycles. The number of nitrogens with one attached hydrogen (secondary N) is 1. The molecule has 0 amide bonds. The summed E-state index contributed by atoms with van der Waals surface area (Å²) < 4.78 is 5.45. The normalized spacial score (nSPS) is 26.8. The van der Waals surface area contributed by atoms with Crippen LogP contribution >= 0.6 is 0 Å². The fourth-order valence-corrected chi connectivity index (χ4v) is 2.92. The number of hydrogen-bond donors (Lipinski definition) is 1. The molecule has 2 unspecified atom stereocenters. The van der Waals surface area contributed by atoms with Gasteiger partial charge in [-0.15, -0.1) is 0 Å². The number of hydrogen-bond acceptors (Lipinski definition) is 4. The van der Waals surface area contributed by atoms with Crippen molar-refractivity contribution in [1.29, 1.82) is 5.26 Å². The van der Waals surface area contributed by atoms with Gasteiger partial charge in [0.1, 0.15) is 5.54 Å². The third-order valence-electron chi connectivity index (χ3n) is 4.07. The molecule has 4 heteroatoms. The van der Waals surface area contributed by atoms with E-state index in [1.807, 2.05) is 6.92 Å². The number of ether oxygens (including phenoxy) is 1. The molecule has 0 radical (unpaired) electrons. The van der Waals surface area contributed by atoms with E-state index in [1.54, 1.807) is 0 Å². The Kier molecular flexibility index (Phi) is 7.37. The van der Waals surface area contributed by atoms with Gasteiger partial charge < -0.3 is 4.74 Å². The van der Waals surface area contributed by atoms with Crippen LogP contribution in [0.4, 0.5) is 0 Å². The van der Waals surface area contributed by atoms with Crippen LogP contribution in [0, 0.1) is 11.3 Å². The van der Waals surface area contributed by atoms with Gasteiger partial charge in [-0.3, -0.25) is 10.2 Å². The molecule has 0 heterocycles. The Labute approximate surface area is 118 Å². The lowest BCUT2D eigenvalue weighted by atomic mass is 9.99. The van der Waals surface area contributed by atoms with E-state index in [1.165, 1.54) is 0 Å². The van der Waals surface area contributed by atoms with Crippen molar-refractivity contribution in [3.8, 4) is 6.07 Å².